The van der Waals surface area contributed by atoms with Crippen LogP contribution < -0.4 is 10.1 Å². The maximum Gasteiger partial charge on any atom is 0.465 e. The van der Waals surface area contributed by atoms with E-state index in [1.807, 2.05) is 11.5 Å². The first kappa shape index (κ1) is 43.2. The molecule has 4 atom stereocenters. The maximum absolute atomic E-state index is 11.9. The fourth-order valence-corrected chi connectivity index (χ4v) is 9.86. The van der Waals surface area contributed by atoms with Gasteiger partial charge in [-0.3, -0.25) is 14.3 Å². The Morgan fingerprint density at radius 1 is 1.09 bits per heavy atom. The highest BCUT2D eigenvalue weighted by Gasteiger charge is 2.82. The molecular formula is C41H60ClN6O7Si2+. The summed E-state index contributed by atoms with van der Waals surface area (Å²) in [5, 5.41) is 3.09. The van der Waals surface area contributed by atoms with Crippen LogP contribution in [0, 0.1) is 6.57 Å². The highest BCUT2D eigenvalue weighted by Crippen LogP contribution is 2.53. The molecule has 57 heavy (non-hydrogen) atoms. The van der Waals surface area contributed by atoms with Gasteiger partial charge in [-0.05, 0) is 85.9 Å². The van der Waals surface area contributed by atoms with Crippen LogP contribution in [0.2, 0.25) is 48.8 Å². The van der Waals surface area contributed by atoms with Crippen LogP contribution in [0.15, 0.2) is 35.3 Å². The standard InChI is InChI=1S/C41H59ClN6O7Si2/c1-12-45-38(49)53-30-19-17-28(18-20-30)27-13-15-29(16-14-27)35-31(42)23-32-36(47-35)48(26-50-21-22-56(7,8)9)37(46-32)54-33-24-51-41(44-6)34(25-52-40(33,41)43-5)55-57(10,11)39(2,3)4/h6,13-16,23,28,30,33-34H,5,12,17-22,24-26H2,1-4,7-11H3/p+1/t28?,30?,33-,34-,40-,41-/m1/s1. The van der Waals surface area contributed by atoms with Gasteiger partial charge in [0.2, 0.25) is 0 Å². The molecule has 310 valence electrons. The Hall–Kier alpha value is -3.37. The van der Waals surface area contributed by atoms with E-state index >= 15 is 0 Å². The summed E-state index contributed by atoms with van der Waals surface area (Å²) in [6, 6.07) is 11.4. The van der Waals surface area contributed by atoms with E-state index in [2.05, 4.69) is 99.6 Å². The number of aliphatic imine (C=N–C) groups is 1. The van der Waals surface area contributed by atoms with Gasteiger partial charge in [0.15, 0.2) is 26.2 Å². The molecule has 3 fully saturated rings. The second-order valence-electron chi connectivity index (χ2n) is 18.1. The highest BCUT2D eigenvalue weighted by molar-refractivity contribution is 6.76. The van der Waals surface area contributed by atoms with Gasteiger partial charge in [-0.1, -0.05) is 76.3 Å². The van der Waals surface area contributed by atoms with Gasteiger partial charge in [0.1, 0.15) is 18.4 Å². The van der Waals surface area contributed by atoms with Crippen LogP contribution in [-0.4, -0.2) is 99.9 Å². The average molecular weight is 841 g/mol. The molecule has 1 saturated carbocycles. The number of aromatic nitrogens is 3. The Morgan fingerprint density at radius 2 is 1.77 bits per heavy atom. The van der Waals surface area contributed by atoms with Crippen molar-refractivity contribution in [1.82, 2.24) is 19.9 Å². The van der Waals surface area contributed by atoms with Gasteiger partial charge in [-0.25, -0.2) is 9.78 Å². The van der Waals surface area contributed by atoms with E-state index in [4.69, 9.17) is 56.3 Å². The first-order valence-corrected chi connectivity index (χ1v) is 27.1. The van der Waals surface area contributed by atoms with Gasteiger partial charge in [0.05, 0.1) is 23.9 Å². The number of rotatable bonds is 14. The zero-order valence-electron chi connectivity index (χ0n) is 35.0. The lowest BCUT2D eigenvalue weighted by Crippen LogP contribution is -2.58. The summed E-state index contributed by atoms with van der Waals surface area (Å²) in [5.74, 6) is 0.380. The summed E-state index contributed by atoms with van der Waals surface area (Å²) in [6.07, 6.45) is 1.70. The molecule has 0 unspecified atom stereocenters. The summed E-state index contributed by atoms with van der Waals surface area (Å²) in [7, 11) is -3.67. The van der Waals surface area contributed by atoms with Gasteiger partial charge in [-0.15, -0.1) is 0 Å². The summed E-state index contributed by atoms with van der Waals surface area (Å²) < 4.78 is 40.0. The summed E-state index contributed by atoms with van der Waals surface area (Å²) in [4.78, 5) is 30.6. The first-order chi connectivity index (χ1) is 26.9. The van der Waals surface area contributed by atoms with Crippen LogP contribution in [0.25, 0.3) is 27.3 Å². The van der Waals surface area contributed by atoms with Gasteiger partial charge in [-0.2, -0.15) is 4.98 Å². The number of nitrogens with zero attached hydrogens (tertiary/aromatic N) is 5. The number of nitrogens with one attached hydrogen (secondary N) is 1. The number of imidazole rings is 1. The van der Waals surface area contributed by atoms with Crippen molar-refractivity contribution in [3.63, 3.8) is 0 Å². The molecule has 1 aliphatic carbocycles. The minimum atomic E-state index is -2.31. The maximum atomic E-state index is 11.9. The number of hydrogen-bond acceptors (Lipinski definition) is 10. The predicted molar refractivity (Wildman–Crippen MR) is 229 cm³/mol. The fourth-order valence-electron chi connectivity index (χ4n) is 7.56. The summed E-state index contributed by atoms with van der Waals surface area (Å²) >= 11 is 6.94. The largest absolute Gasteiger partial charge is 0.465 e. The molecule has 2 aromatic heterocycles. The van der Waals surface area contributed by atoms with Crippen molar-refractivity contribution >= 4 is 52.0 Å². The molecule has 13 nitrogen and oxygen atoms in total. The lowest BCUT2D eigenvalue weighted by Gasteiger charge is -2.38. The van der Waals surface area contributed by atoms with E-state index in [1.165, 1.54) is 5.56 Å². The number of pyridine rings is 1. The van der Waals surface area contributed by atoms with Crippen molar-refractivity contribution in [1.29, 1.82) is 0 Å². The molecule has 0 spiro atoms. The third kappa shape index (κ3) is 8.69. The lowest BCUT2D eigenvalue weighted by atomic mass is 9.82. The number of carbonyl (C=O) groups excluding carboxylic acids is 1. The number of halogens is 1. The minimum Gasteiger partial charge on any atom is -0.453 e. The van der Waals surface area contributed by atoms with E-state index in [0.717, 1.165) is 37.3 Å². The number of carbonyl (C=O) groups is 1. The molecule has 1 N–H and O–H groups in total. The SMILES string of the molecule is C#[N+][C@]12OC[C@@H](Oc3nc4cc(Cl)c(-c5ccc(C6CCC(OC(=O)NCC)CC6)cc5)nc4n3COCC[Si](C)(C)C)[C@@]1(N=C)OC[C@H]2O[Si](C)(C)C(C)(C)C. The molecule has 16 heteroatoms. The highest BCUT2D eigenvalue weighted by atomic mass is 35.5. The molecule has 0 radical (unpaired) electrons. The van der Waals surface area contributed by atoms with Crippen molar-refractivity contribution in [2.75, 3.05) is 26.4 Å². The average Bonchev–Trinajstić information content (AvgIpc) is 3.76. The van der Waals surface area contributed by atoms with Crippen LogP contribution in [0.4, 0.5) is 4.79 Å². The van der Waals surface area contributed by atoms with Crippen molar-refractivity contribution in [3.8, 4) is 23.8 Å². The van der Waals surface area contributed by atoms with Crippen molar-refractivity contribution in [3.05, 3.63) is 45.8 Å². The summed E-state index contributed by atoms with van der Waals surface area (Å²) in [5.41, 5.74) is 0.837. The Labute approximate surface area is 344 Å². The van der Waals surface area contributed by atoms with E-state index in [0.29, 0.717) is 40.9 Å². The van der Waals surface area contributed by atoms with Crippen LogP contribution in [0.3, 0.4) is 0 Å². The number of alkyl carbamates (subject to hydrolysis) is 1. The predicted octanol–water partition coefficient (Wildman–Crippen LogP) is 9.09. The second-order valence-corrected chi connectivity index (χ2v) is 28.9. The van der Waals surface area contributed by atoms with Gasteiger partial charge in [0.25, 0.3) is 6.57 Å². The third-order valence-electron chi connectivity index (χ3n) is 12.0. The molecular weight excluding hydrogens is 780 g/mol. The topological polar surface area (TPSA) is 132 Å². The summed E-state index contributed by atoms with van der Waals surface area (Å²) in [6.45, 7) is 31.2. The van der Waals surface area contributed by atoms with Crippen molar-refractivity contribution < 1.29 is 32.9 Å². The monoisotopic (exact) mass is 839 g/mol. The molecule has 4 heterocycles. The molecule has 2 aliphatic heterocycles. The lowest BCUT2D eigenvalue weighted by molar-refractivity contribution is -0.0934. The number of hydrogen-bond donors (Lipinski definition) is 1. The van der Waals surface area contributed by atoms with Gasteiger partial charge >= 0.3 is 23.6 Å². The number of amides is 1. The Kier molecular flexibility index (Phi) is 12.7. The van der Waals surface area contributed by atoms with E-state index in [-0.39, 0.29) is 43.2 Å². The quantitative estimate of drug-likeness (QED) is 0.0960. The molecule has 6 rings (SSSR count). The molecule has 2 saturated heterocycles. The zero-order valence-corrected chi connectivity index (χ0v) is 37.8. The van der Waals surface area contributed by atoms with Crippen LogP contribution >= 0.6 is 11.6 Å². The van der Waals surface area contributed by atoms with Crippen molar-refractivity contribution in [2.24, 2.45) is 4.99 Å². The van der Waals surface area contributed by atoms with Crippen LogP contribution in [0.5, 0.6) is 6.01 Å². The van der Waals surface area contributed by atoms with E-state index in [9.17, 15) is 4.79 Å². The van der Waals surface area contributed by atoms with Crippen LogP contribution in [-0.2, 0) is 30.1 Å². The zero-order chi connectivity index (χ0) is 41.4. The number of benzene rings is 1. The van der Waals surface area contributed by atoms with Crippen molar-refractivity contribution in [2.45, 2.75) is 140 Å². The van der Waals surface area contributed by atoms with Gasteiger partial charge in [0, 0.05) is 26.8 Å². The second kappa shape index (κ2) is 16.7. The fraction of sp³-hybridized carbons (Fsp3) is 0.634. The van der Waals surface area contributed by atoms with E-state index in [1.54, 1.807) is 6.07 Å². The first-order valence-electron chi connectivity index (χ1n) is 20.1. The van der Waals surface area contributed by atoms with Crippen LogP contribution in [0.1, 0.15) is 64.9 Å². The molecule has 1 amide bonds. The Bertz CT molecular complexity index is 1970. The number of ether oxygens (including phenoxy) is 5. The van der Waals surface area contributed by atoms with E-state index < -0.39 is 40.0 Å². The third-order valence-corrected chi connectivity index (χ3v) is 18.5. The smallest absolute Gasteiger partial charge is 0.453 e. The molecule has 3 aromatic rings. The number of fused-ring (bicyclic) bond motifs is 2. The molecule has 1 aromatic carbocycles. The van der Waals surface area contributed by atoms with Gasteiger partial charge < -0.3 is 28.7 Å². The molecule has 3 aliphatic rings. The molecule has 0 bridgehead atoms. The minimum absolute atomic E-state index is 0.0470. The Balaban J connectivity index is 1.27. The normalized spacial score (nSPS) is 26.5. The Morgan fingerprint density at radius 3 is 2.39 bits per heavy atom.